The lowest BCUT2D eigenvalue weighted by atomic mass is 10.1. The van der Waals surface area contributed by atoms with Crippen LogP contribution in [0.25, 0.3) is 0 Å². The number of amides is 2. The van der Waals surface area contributed by atoms with Gasteiger partial charge < -0.3 is 4.90 Å². The zero-order valence-corrected chi connectivity index (χ0v) is 13.2. The van der Waals surface area contributed by atoms with E-state index in [9.17, 15) is 9.59 Å². The highest BCUT2D eigenvalue weighted by Crippen LogP contribution is 2.17. The van der Waals surface area contributed by atoms with E-state index in [-0.39, 0.29) is 5.91 Å². The number of hydrogen-bond donors (Lipinski definition) is 2. The lowest BCUT2D eigenvalue weighted by Gasteiger charge is -2.18. The molecule has 2 amide bonds. The van der Waals surface area contributed by atoms with E-state index in [1.807, 2.05) is 24.3 Å². The fraction of sp³-hybridized carbons (Fsp3) is 0.222. The number of hydrogen-bond acceptors (Lipinski definition) is 3. The van der Waals surface area contributed by atoms with Crippen molar-refractivity contribution in [2.45, 2.75) is 19.8 Å². The Bertz CT molecular complexity index is 678. The third-order valence-electron chi connectivity index (χ3n) is 3.66. The second kappa shape index (κ2) is 7.56. The number of benzene rings is 2. The Labute approximate surface area is 135 Å². The monoisotopic (exact) mass is 312 g/mol. The molecule has 120 valence electrons. The third kappa shape index (κ3) is 3.96. The fourth-order valence-electron chi connectivity index (χ4n) is 2.31. The first kappa shape index (κ1) is 16.7. The van der Waals surface area contributed by atoms with Crippen LogP contribution in [0.1, 0.15) is 39.6 Å². The van der Waals surface area contributed by atoms with Crippen molar-refractivity contribution in [3.63, 3.8) is 0 Å². The summed E-state index contributed by atoms with van der Waals surface area (Å²) in [6.45, 7) is 2.12. The van der Waals surface area contributed by atoms with Crippen molar-refractivity contribution in [2.24, 2.45) is 0 Å². The molecule has 0 spiro atoms. The summed E-state index contributed by atoms with van der Waals surface area (Å²) in [5.41, 5.74) is 4.39. The van der Waals surface area contributed by atoms with Crippen LogP contribution in [0, 0.1) is 0 Å². The van der Waals surface area contributed by atoms with Gasteiger partial charge in [0.25, 0.3) is 11.8 Å². The van der Waals surface area contributed by atoms with Gasteiger partial charge in [0.2, 0.25) is 0 Å². The molecule has 2 aromatic rings. The molecule has 0 saturated carbocycles. The van der Waals surface area contributed by atoms with Gasteiger partial charge in [-0.25, -0.2) is 5.48 Å². The third-order valence-corrected chi connectivity index (χ3v) is 3.66. The predicted octanol–water partition coefficient (Wildman–Crippen LogP) is 3.03. The fourth-order valence-corrected chi connectivity index (χ4v) is 2.31. The average Bonchev–Trinajstić information content (AvgIpc) is 2.61. The van der Waals surface area contributed by atoms with Crippen molar-refractivity contribution in [3.8, 4) is 0 Å². The van der Waals surface area contributed by atoms with E-state index < -0.39 is 5.91 Å². The molecule has 0 aliphatic rings. The number of hydroxylamine groups is 1. The molecule has 0 radical (unpaired) electrons. The molecule has 0 aliphatic carbocycles. The Morgan fingerprint density at radius 3 is 2.09 bits per heavy atom. The normalized spacial score (nSPS) is 10.2. The van der Waals surface area contributed by atoms with E-state index in [1.54, 1.807) is 36.8 Å². The highest BCUT2D eigenvalue weighted by molar-refractivity contribution is 6.06. The number of carbonyl (C=O) groups is 2. The molecule has 2 N–H and O–H groups in total. The van der Waals surface area contributed by atoms with Gasteiger partial charge in [-0.3, -0.25) is 14.8 Å². The molecule has 23 heavy (non-hydrogen) atoms. The van der Waals surface area contributed by atoms with Crippen LogP contribution in [0.4, 0.5) is 5.69 Å². The Balaban J connectivity index is 2.14. The highest BCUT2D eigenvalue weighted by atomic mass is 16.5. The van der Waals surface area contributed by atoms with Crippen molar-refractivity contribution in [2.75, 3.05) is 11.9 Å². The maximum atomic E-state index is 12.5. The van der Waals surface area contributed by atoms with E-state index in [4.69, 9.17) is 5.21 Å². The van der Waals surface area contributed by atoms with Gasteiger partial charge in [0.15, 0.2) is 0 Å². The number of carbonyl (C=O) groups excluding carboxylic acids is 2. The summed E-state index contributed by atoms with van der Waals surface area (Å²) in [6, 6.07) is 14.0. The zero-order chi connectivity index (χ0) is 16.8. The number of nitrogens with one attached hydrogen (secondary N) is 1. The predicted molar refractivity (Wildman–Crippen MR) is 88.9 cm³/mol. The Morgan fingerprint density at radius 2 is 1.57 bits per heavy atom. The van der Waals surface area contributed by atoms with Gasteiger partial charge in [0.05, 0.1) is 0 Å². The van der Waals surface area contributed by atoms with Crippen LogP contribution >= 0.6 is 0 Å². The highest BCUT2D eigenvalue weighted by Gasteiger charge is 2.14. The molecule has 5 heteroatoms. The van der Waals surface area contributed by atoms with E-state index >= 15 is 0 Å². The van der Waals surface area contributed by atoms with E-state index in [1.165, 1.54) is 10.5 Å². The summed E-state index contributed by atoms with van der Waals surface area (Å²) in [5, 5.41) is 8.60. The summed E-state index contributed by atoms with van der Waals surface area (Å²) < 4.78 is 0. The lowest BCUT2D eigenvalue weighted by Crippen LogP contribution is -2.26. The minimum atomic E-state index is -0.586. The van der Waals surface area contributed by atoms with E-state index in [0.717, 1.165) is 12.8 Å². The number of aryl methyl sites for hydroxylation is 1. The smallest absolute Gasteiger partial charge is 0.274 e. The first-order chi connectivity index (χ1) is 11.1. The first-order valence-corrected chi connectivity index (χ1v) is 7.48. The van der Waals surface area contributed by atoms with Gasteiger partial charge in [-0.15, -0.1) is 0 Å². The molecule has 0 bridgehead atoms. The molecule has 0 aromatic heterocycles. The van der Waals surface area contributed by atoms with Crippen LogP contribution in [0.5, 0.6) is 0 Å². The van der Waals surface area contributed by atoms with Crippen LogP contribution in [-0.4, -0.2) is 24.1 Å². The van der Waals surface area contributed by atoms with Crippen LogP contribution in [0.15, 0.2) is 48.5 Å². The average molecular weight is 312 g/mol. The van der Waals surface area contributed by atoms with Crippen molar-refractivity contribution in [3.05, 3.63) is 65.2 Å². The molecule has 5 nitrogen and oxygen atoms in total. The molecule has 2 aromatic carbocycles. The summed E-state index contributed by atoms with van der Waals surface area (Å²) in [7, 11) is 1.68. The molecule has 2 rings (SSSR count). The summed E-state index contributed by atoms with van der Waals surface area (Å²) >= 11 is 0. The molecule has 0 fully saturated rings. The van der Waals surface area contributed by atoms with Crippen molar-refractivity contribution >= 4 is 17.5 Å². The Kier molecular flexibility index (Phi) is 5.49. The van der Waals surface area contributed by atoms with Gasteiger partial charge in [0, 0.05) is 23.9 Å². The summed E-state index contributed by atoms with van der Waals surface area (Å²) in [4.78, 5) is 25.3. The zero-order valence-electron chi connectivity index (χ0n) is 13.2. The first-order valence-electron chi connectivity index (χ1n) is 7.48. The lowest BCUT2D eigenvalue weighted by molar-refractivity contribution is 0.0706. The van der Waals surface area contributed by atoms with Crippen LogP contribution in [0.2, 0.25) is 0 Å². The van der Waals surface area contributed by atoms with Gasteiger partial charge in [-0.05, 0) is 48.4 Å². The van der Waals surface area contributed by atoms with E-state index in [2.05, 4.69) is 6.92 Å². The number of rotatable bonds is 5. The minimum absolute atomic E-state index is 0.118. The van der Waals surface area contributed by atoms with Crippen molar-refractivity contribution in [1.82, 2.24) is 5.48 Å². The molecule has 0 atom stereocenters. The van der Waals surface area contributed by atoms with Crippen molar-refractivity contribution < 1.29 is 14.8 Å². The van der Waals surface area contributed by atoms with Gasteiger partial charge in [-0.2, -0.15) is 0 Å². The Hall–Kier alpha value is -2.66. The maximum absolute atomic E-state index is 12.5. The maximum Gasteiger partial charge on any atom is 0.274 e. The number of anilines is 1. The number of nitrogens with zero attached hydrogens (tertiary/aromatic N) is 1. The van der Waals surface area contributed by atoms with Gasteiger partial charge >= 0.3 is 0 Å². The minimum Gasteiger partial charge on any atom is -0.311 e. The molecule has 0 unspecified atom stereocenters. The standard InChI is InChI=1S/C18H20N2O3/c1-3-4-13-5-7-15(8-6-13)18(22)20(2)16-11-9-14(10-12-16)17(21)19-23/h5-12,23H,3-4H2,1-2H3,(H,19,21). The molecule has 0 aliphatic heterocycles. The van der Waals surface area contributed by atoms with Gasteiger partial charge in [0.1, 0.15) is 0 Å². The van der Waals surface area contributed by atoms with E-state index in [0.29, 0.717) is 16.8 Å². The SMILES string of the molecule is CCCc1ccc(C(=O)N(C)c2ccc(C(=O)NO)cc2)cc1. The van der Waals surface area contributed by atoms with Crippen LogP contribution in [-0.2, 0) is 6.42 Å². The summed E-state index contributed by atoms with van der Waals surface area (Å²) in [6.07, 6.45) is 2.07. The van der Waals surface area contributed by atoms with Gasteiger partial charge in [-0.1, -0.05) is 25.5 Å². The van der Waals surface area contributed by atoms with Crippen LogP contribution < -0.4 is 10.4 Å². The largest absolute Gasteiger partial charge is 0.311 e. The molecule has 0 heterocycles. The summed E-state index contributed by atoms with van der Waals surface area (Å²) in [5.74, 6) is -0.704. The second-order valence-corrected chi connectivity index (χ2v) is 5.30. The quantitative estimate of drug-likeness (QED) is 0.658. The van der Waals surface area contributed by atoms with Crippen LogP contribution in [0.3, 0.4) is 0 Å². The van der Waals surface area contributed by atoms with Crippen molar-refractivity contribution in [1.29, 1.82) is 0 Å². The Morgan fingerprint density at radius 1 is 1.00 bits per heavy atom. The molecular formula is C18H20N2O3. The molecule has 0 saturated heterocycles. The molecular weight excluding hydrogens is 292 g/mol. The topological polar surface area (TPSA) is 69.6 Å². The second-order valence-electron chi connectivity index (χ2n) is 5.30.